The van der Waals surface area contributed by atoms with Gasteiger partial charge in [0.15, 0.2) is 0 Å². The highest BCUT2D eigenvalue weighted by Crippen LogP contribution is 2.26. The Hall–Kier alpha value is -1.20. The van der Waals surface area contributed by atoms with Crippen LogP contribution in [-0.4, -0.2) is 5.91 Å². The van der Waals surface area contributed by atoms with E-state index in [9.17, 15) is 9.18 Å². The number of aryl methyl sites for hydroxylation is 1. The molecule has 98 valence electrons. The van der Waals surface area contributed by atoms with Crippen molar-refractivity contribution in [2.75, 3.05) is 5.32 Å². The Morgan fingerprint density at radius 3 is 2.63 bits per heavy atom. The van der Waals surface area contributed by atoms with Gasteiger partial charge in [0.2, 0.25) is 0 Å². The minimum absolute atomic E-state index is 0.264. The van der Waals surface area contributed by atoms with E-state index in [2.05, 4.69) is 37.2 Å². The molecule has 0 bridgehead atoms. The van der Waals surface area contributed by atoms with Gasteiger partial charge in [0.05, 0.1) is 5.69 Å². The third kappa shape index (κ3) is 3.42. The van der Waals surface area contributed by atoms with Crippen molar-refractivity contribution in [2.45, 2.75) is 6.92 Å². The fourth-order valence-corrected chi connectivity index (χ4v) is 2.45. The molecule has 0 radical (unpaired) electrons. The standard InChI is InChI=1S/C14H10Br2FNO/c1-8-3-2-4-12(13(8)16)18-14(19)9-5-10(15)7-11(17)6-9/h2-7H,1H3,(H,18,19). The predicted molar refractivity (Wildman–Crippen MR) is 80.9 cm³/mol. The second-order valence-corrected chi connectivity index (χ2v) is 5.76. The molecule has 0 saturated carbocycles. The van der Waals surface area contributed by atoms with Gasteiger partial charge in [0.25, 0.3) is 5.91 Å². The Bertz CT molecular complexity index is 623. The van der Waals surface area contributed by atoms with Gasteiger partial charge in [-0.15, -0.1) is 0 Å². The number of halogens is 3. The van der Waals surface area contributed by atoms with Crippen LogP contribution in [0.15, 0.2) is 45.3 Å². The van der Waals surface area contributed by atoms with Gasteiger partial charge in [-0.2, -0.15) is 0 Å². The van der Waals surface area contributed by atoms with Gasteiger partial charge in [-0.3, -0.25) is 4.79 Å². The normalized spacial score (nSPS) is 10.3. The number of benzene rings is 2. The predicted octanol–water partition coefficient (Wildman–Crippen LogP) is 4.91. The Kier molecular flexibility index (Phi) is 4.37. The molecule has 0 aromatic heterocycles. The summed E-state index contributed by atoms with van der Waals surface area (Å²) in [6, 6.07) is 9.63. The highest BCUT2D eigenvalue weighted by atomic mass is 79.9. The van der Waals surface area contributed by atoms with Crippen molar-refractivity contribution in [3.8, 4) is 0 Å². The Morgan fingerprint density at radius 2 is 1.95 bits per heavy atom. The fourth-order valence-electron chi connectivity index (χ4n) is 1.62. The van der Waals surface area contributed by atoms with E-state index in [-0.39, 0.29) is 11.5 Å². The number of amides is 1. The Labute approximate surface area is 127 Å². The number of carbonyl (C=O) groups is 1. The summed E-state index contributed by atoms with van der Waals surface area (Å²) < 4.78 is 14.6. The molecule has 0 aliphatic rings. The van der Waals surface area contributed by atoms with Crippen LogP contribution in [0.3, 0.4) is 0 Å². The monoisotopic (exact) mass is 385 g/mol. The van der Waals surface area contributed by atoms with E-state index in [1.807, 2.05) is 19.1 Å². The lowest BCUT2D eigenvalue weighted by molar-refractivity contribution is 0.102. The average molecular weight is 387 g/mol. The van der Waals surface area contributed by atoms with Crippen molar-refractivity contribution < 1.29 is 9.18 Å². The quantitative estimate of drug-likeness (QED) is 0.780. The lowest BCUT2D eigenvalue weighted by Gasteiger charge is -2.09. The molecular formula is C14H10Br2FNO. The van der Waals surface area contributed by atoms with Crippen LogP contribution in [0.25, 0.3) is 0 Å². The van der Waals surface area contributed by atoms with Crippen LogP contribution >= 0.6 is 31.9 Å². The van der Waals surface area contributed by atoms with E-state index < -0.39 is 5.82 Å². The summed E-state index contributed by atoms with van der Waals surface area (Å²) in [5.74, 6) is -0.811. The van der Waals surface area contributed by atoms with E-state index in [4.69, 9.17) is 0 Å². The van der Waals surface area contributed by atoms with Crippen molar-refractivity contribution in [1.29, 1.82) is 0 Å². The SMILES string of the molecule is Cc1cccc(NC(=O)c2cc(F)cc(Br)c2)c1Br. The molecular weight excluding hydrogens is 377 g/mol. The molecule has 2 aromatic rings. The Balaban J connectivity index is 2.28. The van der Waals surface area contributed by atoms with Crippen molar-refractivity contribution >= 4 is 43.5 Å². The molecule has 0 fully saturated rings. The molecule has 2 nitrogen and oxygen atoms in total. The van der Waals surface area contributed by atoms with Crippen LogP contribution in [0.4, 0.5) is 10.1 Å². The van der Waals surface area contributed by atoms with Crippen molar-refractivity contribution in [2.24, 2.45) is 0 Å². The Morgan fingerprint density at radius 1 is 1.21 bits per heavy atom. The summed E-state index contributed by atoms with van der Waals surface area (Å²) in [5.41, 5.74) is 1.93. The van der Waals surface area contributed by atoms with E-state index in [1.54, 1.807) is 12.1 Å². The summed E-state index contributed by atoms with van der Waals surface area (Å²) in [4.78, 5) is 12.1. The molecule has 0 aliphatic carbocycles. The zero-order valence-electron chi connectivity index (χ0n) is 10.0. The molecule has 2 rings (SSSR count). The third-order valence-corrected chi connectivity index (χ3v) is 4.08. The van der Waals surface area contributed by atoms with Crippen LogP contribution in [0.1, 0.15) is 15.9 Å². The van der Waals surface area contributed by atoms with Gasteiger partial charge >= 0.3 is 0 Å². The second-order valence-electron chi connectivity index (χ2n) is 4.05. The van der Waals surface area contributed by atoms with Gasteiger partial charge in [-0.25, -0.2) is 4.39 Å². The zero-order valence-corrected chi connectivity index (χ0v) is 13.2. The number of hydrogen-bond donors (Lipinski definition) is 1. The van der Waals surface area contributed by atoms with Gasteiger partial charge < -0.3 is 5.32 Å². The summed E-state index contributed by atoms with van der Waals surface area (Å²) in [6.07, 6.45) is 0. The van der Waals surface area contributed by atoms with Gasteiger partial charge in [0.1, 0.15) is 5.82 Å². The summed E-state index contributed by atoms with van der Waals surface area (Å²) >= 11 is 6.58. The van der Waals surface area contributed by atoms with Crippen LogP contribution in [0, 0.1) is 12.7 Å². The first-order chi connectivity index (χ1) is 8.97. The number of rotatable bonds is 2. The van der Waals surface area contributed by atoms with Crippen LogP contribution in [0.5, 0.6) is 0 Å². The average Bonchev–Trinajstić information content (AvgIpc) is 2.33. The largest absolute Gasteiger partial charge is 0.321 e. The lowest BCUT2D eigenvalue weighted by Crippen LogP contribution is -2.12. The van der Waals surface area contributed by atoms with Crippen LogP contribution < -0.4 is 5.32 Å². The molecule has 0 atom stereocenters. The van der Waals surface area contributed by atoms with Crippen molar-refractivity contribution in [1.82, 2.24) is 0 Å². The molecule has 5 heteroatoms. The minimum atomic E-state index is -0.456. The summed E-state index contributed by atoms with van der Waals surface area (Å²) in [7, 11) is 0. The summed E-state index contributed by atoms with van der Waals surface area (Å²) in [5, 5.41) is 2.75. The molecule has 0 heterocycles. The first-order valence-electron chi connectivity index (χ1n) is 5.50. The van der Waals surface area contributed by atoms with E-state index >= 15 is 0 Å². The maximum absolute atomic E-state index is 13.3. The third-order valence-electron chi connectivity index (χ3n) is 2.56. The van der Waals surface area contributed by atoms with Gasteiger partial charge in [-0.1, -0.05) is 28.1 Å². The fraction of sp³-hybridized carbons (Fsp3) is 0.0714. The number of hydrogen-bond acceptors (Lipinski definition) is 1. The number of anilines is 1. The lowest BCUT2D eigenvalue weighted by atomic mass is 10.2. The highest BCUT2D eigenvalue weighted by Gasteiger charge is 2.11. The van der Waals surface area contributed by atoms with Crippen LogP contribution in [-0.2, 0) is 0 Å². The highest BCUT2D eigenvalue weighted by molar-refractivity contribution is 9.11. The minimum Gasteiger partial charge on any atom is -0.321 e. The van der Waals surface area contributed by atoms with Crippen LogP contribution in [0.2, 0.25) is 0 Å². The maximum Gasteiger partial charge on any atom is 0.255 e. The first-order valence-corrected chi connectivity index (χ1v) is 7.08. The molecule has 0 saturated heterocycles. The van der Waals surface area contributed by atoms with Crippen molar-refractivity contribution in [3.63, 3.8) is 0 Å². The van der Waals surface area contributed by atoms with Crippen molar-refractivity contribution in [3.05, 3.63) is 62.3 Å². The number of nitrogens with one attached hydrogen (secondary N) is 1. The number of carbonyl (C=O) groups excluding carboxylic acids is 1. The molecule has 1 amide bonds. The maximum atomic E-state index is 13.3. The smallest absolute Gasteiger partial charge is 0.255 e. The summed E-state index contributed by atoms with van der Waals surface area (Å²) in [6.45, 7) is 1.93. The van der Waals surface area contributed by atoms with E-state index in [1.165, 1.54) is 12.1 Å². The molecule has 19 heavy (non-hydrogen) atoms. The van der Waals surface area contributed by atoms with Gasteiger partial charge in [-0.05, 0) is 52.7 Å². The topological polar surface area (TPSA) is 29.1 Å². The molecule has 0 spiro atoms. The van der Waals surface area contributed by atoms with Gasteiger partial charge in [0, 0.05) is 14.5 Å². The molecule has 2 aromatic carbocycles. The van der Waals surface area contributed by atoms with E-state index in [0.717, 1.165) is 10.0 Å². The first kappa shape index (κ1) is 14.2. The molecule has 0 unspecified atom stereocenters. The molecule has 0 aliphatic heterocycles. The zero-order chi connectivity index (χ0) is 14.0. The second kappa shape index (κ2) is 5.84. The molecule has 1 N–H and O–H groups in total. The van der Waals surface area contributed by atoms with E-state index in [0.29, 0.717) is 10.2 Å².